The van der Waals surface area contributed by atoms with Crippen LogP contribution in [0.4, 0.5) is 0 Å². The van der Waals surface area contributed by atoms with E-state index in [-0.39, 0.29) is 0 Å². The lowest BCUT2D eigenvalue weighted by molar-refractivity contribution is 0.354. The molecule has 0 unspecified atom stereocenters. The number of rotatable bonds is 8. The SMILES string of the molecule is COc1ccc(CCNC(N)=NCCc2ccc(Cl)s2)cc1OC. The van der Waals surface area contributed by atoms with Crippen molar-refractivity contribution < 1.29 is 9.47 Å². The van der Waals surface area contributed by atoms with Crippen LogP contribution >= 0.6 is 22.9 Å². The minimum atomic E-state index is 0.457. The van der Waals surface area contributed by atoms with Gasteiger partial charge in [0, 0.05) is 24.4 Å². The fourth-order valence-electron chi connectivity index (χ4n) is 2.20. The molecule has 1 aromatic heterocycles. The molecule has 130 valence electrons. The molecule has 0 saturated heterocycles. The number of nitrogens with two attached hydrogens (primary N) is 1. The van der Waals surface area contributed by atoms with Gasteiger partial charge in [-0.15, -0.1) is 11.3 Å². The summed E-state index contributed by atoms with van der Waals surface area (Å²) in [6.45, 7) is 1.35. The molecule has 24 heavy (non-hydrogen) atoms. The molecule has 0 spiro atoms. The van der Waals surface area contributed by atoms with Gasteiger partial charge in [-0.3, -0.25) is 4.99 Å². The van der Waals surface area contributed by atoms with Crippen molar-refractivity contribution in [3.63, 3.8) is 0 Å². The second-order valence-electron chi connectivity index (χ2n) is 5.09. The van der Waals surface area contributed by atoms with Gasteiger partial charge >= 0.3 is 0 Å². The van der Waals surface area contributed by atoms with Gasteiger partial charge in [-0.2, -0.15) is 0 Å². The molecule has 2 rings (SSSR count). The number of ether oxygens (including phenoxy) is 2. The van der Waals surface area contributed by atoms with E-state index in [1.54, 1.807) is 25.6 Å². The van der Waals surface area contributed by atoms with Crippen LogP contribution in [0.15, 0.2) is 35.3 Å². The first kappa shape index (κ1) is 18.4. The molecule has 5 nitrogen and oxygen atoms in total. The number of guanidine groups is 1. The van der Waals surface area contributed by atoms with E-state index in [0.29, 0.717) is 19.0 Å². The summed E-state index contributed by atoms with van der Waals surface area (Å²) in [6.07, 6.45) is 1.66. The standard InChI is InChI=1S/C17H22ClN3O2S/c1-22-14-5-3-12(11-15(14)23-2)7-9-20-17(19)21-10-8-13-4-6-16(18)24-13/h3-6,11H,7-10H2,1-2H3,(H3,19,20,21). The van der Waals surface area contributed by atoms with Gasteiger partial charge in [-0.05, 0) is 36.2 Å². The summed E-state index contributed by atoms with van der Waals surface area (Å²) in [4.78, 5) is 5.53. The van der Waals surface area contributed by atoms with Gasteiger partial charge in [0.1, 0.15) is 0 Å². The third kappa shape index (κ3) is 5.62. The zero-order valence-electron chi connectivity index (χ0n) is 13.8. The first-order valence-electron chi connectivity index (χ1n) is 7.61. The van der Waals surface area contributed by atoms with E-state index in [1.807, 2.05) is 30.3 Å². The fraction of sp³-hybridized carbons (Fsp3) is 0.353. The van der Waals surface area contributed by atoms with Gasteiger partial charge in [0.05, 0.1) is 18.6 Å². The lowest BCUT2D eigenvalue weighted by atomic mass is 10.1. The number of nitrogens with one attached hydrogen (secondary N) is 1. The Morgan fingerprint density at radius 3 is 2.62 bits per heavy atom. The van der Waals surface area contributed by atoms with E-state index in [4.69, 9.17) is 26.8 Å². The average Bonchev–Trinajstić information content (AvgIpc) is 3.00. The molecule has 2 aromatic rings. The summed E-state index contributed by atoms with van der Waals surface area (Å²) in [5.74, 6) is 1.91. The molecule has 0 radical (unpaired) electrons. The quantitative estimate of drug-likeness (QED) is 0.555. The predicted octanol–water partition coefficient (Wildman–Crippen LogP) is 3.11. The van der Waals surface area contributed by atoms with E-state index < -0.39 is 0 Å². The monoisotopic (exact) mass is 367 g/mol. The number of thiophene rings is 1. The molecule has 0 aliphatic rings. The van der Waals surface area contributed by atoms with Gasteiger partial charge in [-0.1, -0.05) is 17.7 Å². The van der Waals surface area contributed by atoms with Crippen LogP contribution in [0.1, 0.15) is 10.4 Å². The molecule has 0 bridgehead atoms. The van der Waals surface area contributed by atoms with Crippen LogP contribution in [0.3, 0.4) is 0 Å². The van der Waals surface area contributed by atoms with Crippen molar-refractivity contribution in [2.75, 3.05) is 27.3 Å². The topological polar surface area (TPSA) is 68.9 Å². The maximum atomic E-state index is 5.90. The van der Waals surface area contributed by atoms with Gasteiger partial charge in [0.2, 0.25) is 0 Å². The third-order valence-electron chi connectivity index (χ3n) is 3.44. The molecule has 1 aromatic carbocycles. The van der Waals surface area contributed by atoms with Crippen molar-refractivity contribution in [3.8, 4) is 11.5 Å². The summed E-state index contributed by atoms with van der Waals surface area (Å²) >= 11 is 7.47. The maximum absolute atomic E-state index is 5.90. The Kier molecular flexibility index (Phi) is 7.21. The normalized spacial score (nSPS) is 11.4. The highest BCUT2D eigenvalue weighted by atomic mass is 35.5. The molecule has 3 N–H and O–H groups in total. The van der Waals surface area contributed by atoms with Crippen LogP contribution in [0.2, 0.25) is 4.34 Å². The molecule has 0 atom stereocenters. The van der Waals surface area contributed by atoms with Gasteiger partial charge in [0.15, 0.2) is 17.5 Å². The Morgan fingerprint density at radius 2 is 1.96 bits per heavy atom. The summed E-state index contributed by atoms with van der Waals surface area (Å²) < 4.78 is 11.3. The van der Waals surface area contributed by atoms with Crippen molar-refractivity contribution in [3.05, 3.63) is 45.1 Å². The van der Waals surface area contributed by atoms with E-state index >= 15 is 0 Å². The molecule has 0 saturated carbocycles. The van der Waals surface area contributed by atoms with E-state index in [2.05, 4.69) is 10.3 Å². The molecule has 0 amide bonds. The molecule has 0 aliphatic carbocycles. The minimum absolute atomic E-state index is 0.457. The average molecular weight is 368 g/mol. The lowest BCUT2D eigenvalue weighted by Gasteiger charge is -2.10. The van der Waals surface area contributed by atoms with Gasteiger partial charge in [0.25, 0.3) is 0 Å². The molecular formula is C17H22ClN3O2S. The smallest absolute Gasteiger partial charge is 0.188 e. The molecule has 7 heteroatoms. The number of nitrogens with zero attached hydrogens (tertiary/aromatic N) is 1. The number of hydrogen-bond donors (Lipinski definition) is 2. The summed E-state index contributed by atoms with van der Waals surface area (Å²) in [6, 6.07) is 9.79. The number of benzene rings is 1. The van der Waals surface area contributed by atoms with Crippen LogP contribution in [0.25, 0.3) is 0 Å². The first-order chi connectivity index (χ1) is 11.6. The summed E-state index contributed by atoms with van der Waals surface area (Å²) in [7, 11) is 3.26. The Morgan fingerprint density at radius 1 is 1.17 bits per heavy atom. The fourth-order valence-corrected chi connectivity index (χ4v) is 3.28. The minimum Gasteiger partial charge on any atom is -0.493 e. The highest BCUT2D eigenvalue weighted by molar-refractivity contribution is 7.16. The van der Waals surface area contributed by atoms with Crippen molar-refractivity contribution in [1.82, 2.24) is 5.32 Å². The highest BCUT2D eigenvalue weighted by Gasteiger charge is 2.04. The summed E-state index contributed by atoms with van der Waals surface area (Å²) in [5, 5.41) is 3.12. The Bertz CT molecular complexity index is 688. The van der Waals surface area contributed by atoms with Crippen molar-refractivity contribution in [1.29, 1.82) is 0 Å². The molecule has 1 heterocycles. The molecule has 0 aliphatic heterocycles. The first-order valence-corrected chi connectivity index (χ1v) is 8.80. The van der Waals surface area contributed by atoms with E-state index in [1.165, 1.54) is 4.88 Å². The van der Waals surface area contributed by atoms with Crippen molar-refractivity contribution in [2.45, 2.75) is 12.8 Å². The van der Waals surface area contributed by atoms with Crippen LogP contribution in [-0.4, -0.2) is 33.3 Å². The Hall–Kier alpha value is -1.92. The van der Waals surface area contributed by atoms with Gasteiger partial charge < -0.3 is 20.5 Å². The number of halogens is 1. The maximum Gasteiger partial charge on any atom is 0.188 e. The number of aliphatic imine (C=N–C) groups is 1. The third-order valence-corrected chi connectivity index (χ3v) is 4.73. The predicted molar refractivity (Wildman–Crippen MR) is 101 cm³/mol. The van der Waals surface area contributed by atoms with E-state index in [0.717, 1.165) is 34.2 Å². The van der Waals surface area contributed by atoms with Crippen LogP contribution in [0.5, 0.6) is 11.5 Å². The number of hydrogen-bond acceptors (Lipinski definition) is 4. The van der Waals surface area contributed by atoms with Crippen molar-refractivity contribution >= 4 is 28.9 Å². The van der Waals surface area contributed by atoms with E-state index in [9.17, 15) is 0 Å². The van der Waals surface area contributed by atoms with Crippen LogP contribution in [-0.2, 0) is 12.8 Å². The van der Waals surface area contributed by atoms with Gasteiger partial charge in [-0.25, -0.2) is 0 Å². The zero-order chi connectivity index (χ0) is 17.4. The second kappa shape index (κ2) is 9.39. The Balaban J connectivity index is 1.75. The molecule has 0 fully saturated rings. The van der Waals surface area contributed by atoms with Crippen LogP contribution < -0.4 is 20.5 Å². The highest BCUT2D eigenvalue weighted by Crippen LogP contribution is 2.27. The lowest BCUT2D eigenvalue weighted by Crippen LogP contribution is -2.33. The Labute approximate surface area is 151 Å². The van der Waals surface area contributed by atoms with Crippen LogP contribution in [0, 0.1) is 0 Å². The zero-order valence-corrected chi connectivity index (χ0v) is 15.4. The largest absolute Gasteiger partial charge is 0.493 e. The second-order valence-corrected chi connectivity index (χ2v) is 6.89. The molecular weight excluding hydrogens is 346 g/mol. The summed E-state index contributed by atoms with van der Waals surface area (Å²) in [5.41, 5.74) is 7.02. The number of methoxy groups -OCH3 is 2. The van der Waals surface area contributed by atoms with Crippen molar-refractivity contribution in [2.24, 2.45) is 10.7 Å².